The molecule has 0 fully saturated rings. The van der Waals surface area contributed by atoms with Gasteiger partial charge in [0.2, 0.25) is 5.91 Å². The van der Waals surface area contributed by atoms with Crippen LogP contribution in [0.5, 0.6) is 0 Å². The van der Waals surface area contributed by atoms with Crippen LogP contribution >= 0.6 is 0 Å². The number of nitrogens with two attached hydrogens (primary N) is 1. The summed E-state index contributed by atoms with van der Waals surface area (Å²) in [5.74, 6) is -0.642. The fourth-order valence-electron chi connectivity index (χ4n) is 2.67. The highest BCUT2D eigenvalue weighted by Gasteiger charge is 2.34. The Morgan fingerprint density at radius 2 is 2.11 bits per heavy atom. The van der Waals surface area contributed by atoms with Gasteiger partial charge >= 0.3 is 6.18 Å². The number of alkyl halides is 3. The minimum Gasteiger partial charge on any atom is -0.389 e. The summed E-state index contributed by atoms with van der Waals surface area (Å²) in [4.78, 5) is 22.3. The molecule has 140 valence electrons. The van der Waals surface area contributed by atoms with Crippen molar-refractivity contribution in [1.82, 2.24) is 15.0 Å². The van der Waals surface area contributed by atoms with Crippen molar-refractivity contribution in [3.05, 3.63) is 53.4 Å². The first kappa shape index (κ1) is 18.6. The van der Waals surface area contributed by atoms with Gasteiger partial charge < -0.3 is 15.8 Å². The highest BCUT2D eigenvalue weighted by Crippen LogP contribution is 2.37. The van der Waals surface area contributed by atoms with Crippen molar-refractivity contribution in [3.63, 3.8) is 0 Å². The molecule has 1 amide bonds. The van der Waals surface area contributed by atoms with Crippen LogP contribution in [0.1, 0.15) is 29.7 Å². The SMILES string of the molecule is CC(O)c1ccc(-c2cnc3[nH]cc(C=CC(N)=O)c3n2)cc1C(F)(F)F. The van der Waals surface area contributed by atoms with Crippen molar-refractivity contribution in [3.8, 4) is 11.3 Å². The van der Waals surface area contributed by atoms with Crippen LogP contribution in [0.2, 0.25) is 0 Å². The van der Waals surface area contributed by atoms with Gasteiger partial charge in [0.25, 0.3) is 0 Å². The Bertz CT molecular complexity index is 1040. The summed E-state index contributed by atoms with van der Waals surface area (Å²) in [5.41, 5.74) is 5.67. The van der Waals surface area contributed by atoms with Gasteiger partial charge in [0.05, 0.1) is 23.6 Å². The molecule has 0 radical (unpaired) electrons. The minimum atomic E-state index is -4.62. The fraction of sp³-hybridized carbons (Fsp3) is 0.167. The second-order valence-electron chi connectivity index (χ2n) is 5.91. The molecule has 3 aromatic rings. The van der Waals surface area contributed by atoms with Crippen LogP contribution < -0.4 is 5.73 Å². The molecule has 1 aromatic carbocycles. The zero-order chi connectivity index (χ0) is 19.8. The first-order valence-corrected chi connectivity index (χ1v) is 7.88. The van der Waals surface area contributed by atoms with E-state index in [-0.39, 0.29) is 16.8 Å². The Morgan fingerprint density at radius 3 is 2.74 bits per heavy atom. The van der Waals surface area contributed by atoms with E-state index in [1.165, 1.54) is 31.3 Å². The second kappa shape index (κ2) is 6.84. The lowest BCUT2D eigenvalue weighted by Crippen LogP contribution is -2.11. The predicted octanol–water partition coefficient (Wildman–Crippen LogP) is 3.20. The second-order valence-corrected chi connectivity index (χ2v) is 5.91. The van der Waals surface area contributed by atoms with Gasteiger partial charge in [-0.3, -0.25) is 4.79 Å². The van der Waals surface area contributed by atoms with Crippen molar-refractivity contribution in [2.45, 2.75) is 19.2 Å². The third-order valence-corrected chi connectivity index (χ3v) is 3.94. The first-order chi connectivity index (χ1) is 12.7. The summed E-state index contributed by atoms with van der Waals surface area (Å²) in [6.07, 6.45) is -0.389. The number of rotatable bonds is 4. The molecule has 2 heterocycles. The number of halogens is 3. The van der Waals surface area contributed by atoms with Crippen molar-refractivity contribution >= 4 is 23.1 Å². The largest absolute Gasteiger partial charge is 0.416 e. The molecular weight excluding hydrogens is 361 g/mol. The Morgan fingerprint density at radius 1 is 1.37 bits per heavy atom. The lowest BCUT2D eigenvalue weighted by Gasteiger charge is -2.16. The third-order valence-electron chi connectivity index (χ3n) is 3.94. The lowest BCUT2D eigenvalue weighted by atomic mass is 9.98. The van der Waals surface area contributed by atoms with E-state index in [4.69, 9.17) is 5.73 Å². The molecule has 4 N–H and O–H groups in total. The van der Waals surface area contributed by atoms with Gasteiger partial charge in [0.1, 0.15) is 5.52 Å². The van der Waals surface area contributed by atoms with Crippen LogP contribution in [0.3, 0.4) is 0 Å². The van der Waals surface area contributed by atoms with Gasteiger partial charge in [-0.05, 0) is 24.6 Å². The Hall–Kier alpha value is -3.20. The maximum atomic E-state index is 13.3. The molecule has 0 saturated heterocycles. The number of carbonyl (C=O) groups is 1. The van der Waals surface area contributed by atoms with Crippen LogP contribution in [0.25, 0.3) is 28.5 Å². The zero-order valence-corrected chi connectivity index (χ0v) is 14.1. The number of carbonyl (C=O) groups excluding carboxylic acids is 1. The number of hydrogen-bond donors (Lipinski definition) is 3. The summed E-state index contributed by atoms with van der Waals surface area (Å²) in [6.45, 7) is 1.27. The van der Waals surface area contributed by atoms with Crippen LogP contribution in [-0.4, -0.2) is 26.0 Å². The van der Waals surface area contributed by atoms with Gasteiger partial charge in [0.15, 0.2) is 5.65 Å². The van der Waals surface area contributed by atoms with E-state index >= 15 is 0 Å². The molecular formula is C18H15F3N4O2. The number of benzene rings is 1. The standard InChI is InChI=1S/C18H15F3N4O2/c1-9(26)12-4-2-10(6-13(12)18(19,20)21)14-8-24-17-16(25-14)11(7-23-17)3-5-15(22)27/h2-9,26H,1H3,(H2,22,27)(H,23,24). The number of aromatic nitrogens is 3. The molecule has 3 rings (SSSR count). The first-order valence-electron chi connectivity index (χ1n) is 7.88. The maximum absolute atomic E-state index is 13.3. The third kappa shape index (κ3) is 3.82. The van der Waals surface area contributed by atoms with Crippen LogP contribution in [0.15, 0.2) is 36.7 Å². The van der Waals surface area contributed by atoms with E-state index < -0.39 is 23.8 Å². The molecule has 6 nitrogen and oxygen atoms in total. The molecule has 27 heavy (non-hydrogen) atoms. The Balaban J connectivity index is 2.12. The highest BCUT2D eigenvalue weighted by molar-refractivity contribution is 5.93. The molecule has 0 aliphatic carbocycles. The van der Waals surface area contributed by atoms with E-state index in [2.05, 4.69) is 15.0 Å². The average Bonchev–Trinajstić information content (AvgIpc) is 3.00. The van der Waals surface area contributed by atoms with E-state index in [0.717, 1.165) is 12.1 Å². The summed E-state index contributed by atoms with van der Waals surface area (Å²) >= 11 is 0. The van der Waals surface area contributed by atoms with Crippen molar-refractivity contribution in [2.75, 3.05) is 0 Å². The van der Waals surface area contributed by atoms with Crippen molar-refractivity contribution in [2.24, 2.45) is 5.73 Å². The summed E-state index contributed by atoms with van der Waals surface area (Å²) in [7, 11) is 0. The van der Waals surface area contributed by atoms with Gasteiger partial charge in [-0.2, -0.15) is 13.2 Å². The molecule has 1 unspecified atom stereocenters. The van der Waals surface area contributed by atoms with Crippen LogP contribution in [-0.2, 0) is 11.0 Å². The monoisotopic (exact) mass is 376 g/mol. The maximum Gasteiger partial charge on any atom is 0.416 e. The molecule has 2 aromatic heterocycles. The summed E-state index contributed by atoms with van der Waals surface area (Å²) in [6, 6.07) is 3.60. The Kier molecular flexibility index (Phi) is 4.71. The van der Waals surface area contributed by atoms with E-state index in [1.807, 2.05) is 0 Å². The number of aliphatic hydroxyl groups excluding tert-OH is 1. The number of aromatic amines is 1. The zero-order valence-electron chi connectivity index (χ0n) is 14.1. The topological polar surface area (TPSA) is 105 Å². The lowest BCUT2D eigenvalue weighted by molar-refractivity contribution is -0.139. The molecule has 0 aliphatic rings. The number of amides is 1. The quantitative estimate of drug-likeness (QED) is 0.608. The number of nitrogens with one attached hydrogen (secondary N) is 1. The van der Waals surface area contributed by atoms with Gasteiger partial charge in [-0.1, -0.05) is 12.1 Å². The molecule has 9 heteroatoms. The fourth-order valence-corrected chi connectivity index (χ4v) is 2.67. The molecule has 0 bridgehead atoms. The van der Waals surface area contributed by atoms with E-state index in [1.54, 1.807) is 6.20 Å². The van der Waals surface area contributed by atoms with Gasteiger partial charge in [-0.25, -0.2) is 9.97 Å². The molecule has 0 spiro atoms. The number of aliphatic hydroxyl groups is 1. The van der Waals surface area contributed by atoms with Crippen LogP contribution in [0, 0.1) is 0 Å². The normalized spacial score (nSPS) is 13.4. The molecule has 1 atom stereocenters. The minimum absolute atomic E-state index is 0.201. The smallest absolute Gasteiger partial charge is 0.389 e. The summed E-state index contributed by atoms with van der Waals surface area (Å²) in [5, 5.41) is 9.61. The Labute approximate surface area is 151 Å². The van der Waals surface area contributed by atoms with Gasteiger partial charge in [-0.15, -0.1) is 0 Å². The van der Waals surface area contributed by atoms with Crippen LogP contribution in [0.4, 0.5) is 13.2 Å². The summed E-state index contributed by atoms with van der Waals surface area (Å²) < 4.78 is 40.0. The number of H-pyrrole nitrogens is 1. The number of hydrogen-bond acceptors (Lipinski definition) is 4. The number of primary amides is 1. The molecule has 0 aliphatic heterocycles. The van der Waals surface area contributed by atoms with Gasteiger partial charge in [0, 0.05) is 23.4 Å². The van der Waals surface area contributed by atoms with E-state index in [9.17, 15) is 23.1 Å². The van der Waals surface area contributed by atoms with E-state index in [0.29, 0.717) is 16.7 Å². The average molecular weight is 376 g/mol. The number of nitrogens with zero attached hydrogens (tertiary/aromatic N) is 2. The predicted molar refractivity (Wildman–Crippen MR) is 93.2 cm³/mol. The molecule has 0 saturated carbocycles. The van der Waals surface area contributed by atoms with Crippen molar-refractivity contribution < 1.29 is 23.1 Å². The number of fused-ring (bicyclic) bond motifs is 1. The highest BCUT2D eigenvalue weighted by atomic mass is 19.4. The van der Waals surface area contributed by atoms with Crippen molar-refractivity contribution in [1.29, 1.82) is 0 Å².